The predicted molar refractivity (Wildman–Crippen MR) is 85.4 cm³/mol. The van der Waals surface area contributed by atoms with Crippen LogP contribution < -0.4 is 4.74 Å². The van der Waals surface area contributed by atoms with Crippen LogP contribution in [0.1, 0.15) is 38.2 Å². The molecule has 0 unspecified atom stereocenters. The zero-order valence-electron chi connectivity index (χ0n) is 12.8. The molecule has 0 N–H and O–H groups in total. The number of aryl methyl sites for hydroxylation is 1. The number of esters is 1. The molecule has 0 radical (unpaired) electrons. The molecule has 0 aromatic heterocycles. The number of ether oxygens (including phenoxy) is 1. The fraction of sp³-hybridized carbons (Fsp3) is 0.421. The Balaban J connectivity index is 1.82. The van der Waals surface area contributed by atoms with Gasteiger partial charge in [-0.1, -0.05) is 37.3 Å². The van der Waals surface area contributed by atoms with Gasteiger partial charge >= 0.3 is 5.97 Å². The molecule has 1 aliphatic carbocycles. The Bertz CT molecular complexity index is 652. The quantitative estimate of drug-likeness (QED) is 0.579. The summed E-state index contributed by atoms with van der Waals surface area (Å²) < 4.78 is 5.72. The number of fused-ring (bicyclic) bond motifs is 1. The molecule has 1 fully saturated rings. The van der Waals surface area contributed by atoms with E-state index in [1.165, 1.54) is 5.56 Å². The second-order valence-corrected chi connectivity index (χ2v) is 6.30. The lowest BCUT2D eigenvalue weighted by molar-refractivity contribution is -0.140. The van der Waals surface area contributed by atoms with E-state index in [0.717, 1.165) is 42.4 Å². The van der Waals surface area contributed by atoms with Gasteiger partial charge in [0, 0.05) is 5.39 Å². The molecule has 0 atom stereocenters. The maximum Gasteiger partial charge on any atom is 0.314 e. The van der Waals surface area contributed by atoms with Gasteiger partial charge in [-0.05, 0) is 55.5 Å². The van der Waals surface area contributed by atoms with Crippen molar-refractivity contribution in [2.75, 3.05) is 0 Å². The topological polar surface area (TPSA) is 26.3 Å². The zero-order chi connectivity index (χ0) is 14.8. The average molecular weight is 282 g/mol. The predicted octanol–water partition coefficient (Wildman–Crippen LogP) is 4.88. The summed E-state index contributed by atoms with van der Waals surface area (Å²) in [4.78, 5) is 12.4. The molecule has 2 nitrogen and oxygen atoms in total. The van der Waals surface area contributed by atoms with Crippen LogP contribution in [0, 0.1) is 18.8 Å². The summed E-state index contributed by atoms with van der Waals surface area (Å²) in [6, 6.07) is 12.0. The first-order valence-electron chi connectivity index (χ1n) is 7.85. The first-order chi connectivity index (χ1) is 10.1. The fourth-order valence-corrected chi connectivity index (χ4v) is 3.20. The van der Waals surface area contributed by atoms with E-state index < -0.39 is 0 Å². The smallest absolute Gasteiger partial charge is 0.314 e. The summed E-state index contributed by atoms with van der Waals surface area (Å²) in [5.74, 6) is 1.45. The standard InChI is InChI=1S/C19H22O2/c1-13-7-10-15(11-8-13)19(20)21-18-12-9-14(2)16-5-3-4-6-17(16)18/h3-6,9,12-13,15H,7-8,10-11H2,1-2H3. The Morgan fingerprint density at radius 1 is 1.00 bits per heavy atom. The molecule has 3 rings (SSSR count). The van der Waals surface area contributed by atoms with Gasteiger partial charge in [-0.2, -0.15) is 0 Å². The van der Waals surface area contributed by atoms with Gasteiger partial charge in [-0.25, -0.2) is 0 Å². The molecule has 21 heavy (non-hydrogen) atoms. The van der Waals surface area contributed by atoms with Gasteiger partial charge in [0.1, 0.15) is 5.75 Å². The van der Waals surface area contributed by atoms with E-state index in [0.29, 0.717) is 5.75 Å². The molecule has 1 aliphatic rings. The van der Waals surface area contributed by atoms with Crippen molar-refractivity contribution in [1.82, 2.24) is 0 Å². The van der Waals surface area contributed by atoms with Crippen LogP contribution in [0.4, 0.5) is 0 Å². The summed E-state index contributed by atoms with van der Waals surface area (Å²) in [5.41, 5.74) is 1.21. The normalized spacial score (nSPS) is 22.2. The van der Waals surface area contributed by atoms with Crippen molar-refractivity contribution in [1.29, 1.82) is 0 Å². The Morgan fingerprint density at radius 2 is 1.67 bits per heavy atom. The van der Waals surface area contributed by atoms with Gasteiger partial charge in [0.05, 0.1) is 5.92 Å². The van der Waals surface area contributed by atoms with Gasteiger partial charge in [0.2, 0.25) is 0 Å². The third-order valence-electron chi connectivity index (χ3n) is 4.66. The van der Waals surface area contributed by atoms with Crippen LogP contribution in [0.2, 0.25) is 0 Å². The maximum atomic E-state index is 12.4. The van der Waals surface area contributed by atoms with Crippen LogP contribution >= 0.6 is 0 Å². The van der Waals surface area contributed by atoms with Gasteiger partial charge in [0.25, 0.3) is 0 Å². The van der Waals surface area contributed by atoms with Crippen LogP contribution in [0.25, 0.3) is 10.8 Å². The highest BCUT2D eigenvalue weighted by Gasteiger charge is 2.26. The third kappa shape index (κ3) is 2.94. The summed E-state index contributed by atoms with van der Waals surface area (Å²) >= 11 is 0. The molecule has 1 saturated carbocycles. The van der Waals surface area contributed by atoms with Crippen LogP contribution in [-0.4, -0.2) is 5.97 Å². The highest BCUT2D eigenvalue weighted by Crippen LogP contribution is 2.32. The molecule has 2 aromatic carbocycles. The lowest BCUT2D eigenvalue weighted by atomic mass is 9.83. The molecular weight excluding hydrogens is 260 g/mol. The zero-order valence-corrected chi connectivity index (χ0v) is 12.8. The number of carbonyl (C=O) groups excluding carboxylic acids is 1. The van der Waals surface area contributed by atoms with E-state index in [-0.39, 0.29) is 11.9 Å². The van der Waals surface area contributed by atoms with Crippen LogP contribution in [0.15, 0.2) is 36.4 Å². The monoisotopic (exact) mass is 282 g/mol. The number of hydrogen-bond acceptors (Lipinski definition) is 2. The van der Waals surface area contributed by atoms with Gasteiger partial charge in [-0.15, -0.1) is 0 Å². The molecule has 0 aliphatic heterocycles. The van der Waals surface area contributed by atoms with E-state index in [4.69, 9.17) is 4.74 Å². The number of hydrogen-bond donors (Lipinski definition) is 0. The minimum absolute atomic E-state index is 0.0593. The Hall–Kier alpha value is -1.83. The van der Waals surface area contributed by atoms with Gasteiger partial charge in [-0.3, -0.25) is 4.79 Å². The van der Waals surface area contributed by atoms with Crippen molar-refractivity contribution in [2.45, 2.75) is 39.5 Å². The van der Waals surface area contributed by atoms with E-state index in [2.05, 4.69) is 19.9 Å². The molecular formula is C19H22O2. The van der Waals surface area contributed by atoms with Crippen LogP contribution in [0.3, 0.4) is 0 Å². The highest BCUT2D eigenvalue weighted by molar-refractivity contribution is 5.92. The largest absolute Gasteiger partial charge is 0.426 e. The minimum atomic E-state index is -0.0593. The summed E-state index contributed by atoms with van der Waals surface area (Å²) in [6.45, 7) is 4.34. The second-order valence-electron chi connectivity index (χ2n) is 6.30. The fourth-order valence-electron chi connectivity index (χ4n) is 3.20. The molecule has 0 saturated heterocycles. The molecule has 0 heterocycles. The van der Waals surface area contributed by atoms with Crippen molar-refractivity contribution in [3.8, 4) is 5.75 Å². The van der Waals surface area contributed by atoms with Crippen molar-refractivity contribution >= 4 is 16.7 Å². The third-order valence-corrected chi connectivity index (χ3v) is 4.66. The number of rotatable bonds is 2. The highest BCUT2D eigenvalue weighted by atomic mass is 16.5. The lowest BCUT2D eigenvalue weighted by Crippen LogP contribution is -2.25. The van der Waals surface area contributed by atoms with E-state index >= 15 is 0 Å². The second kappa shape index (κ2) is 5.88. The minimum Gasteiger partial charge on any atom is -0.426 e. The number of benzene rings is 2. The lowest BCUT2D eigenvalue weighted by Gasteiger charge is -2.24. The molecule has 2 heteroatoms. The molecule has 2 aromatic rings. The summed E-state index contributed by atoms with van der Waals surface area (Å²) in [7, 11) is 0. The molecule has 110 valence electrons. The van der Waals surface area contributed by atoms with Gasteiger partial charge < -0.3 is 4.74 Å². The average Bonchev–Trinajstić information content (AvgIpc) is 2.51. The molecule has 0 spiro atoms. The van der Waals surface area contributed by atoms with Crippen LogP contribution in [0.5, 0.6) is 5.75 Å². The first kappa shape index (κ1) is 14.1. The van der Waals surface area contributed by atoms with Gasteiger partial charge in [0.15, 0.2) is 0 Å². The molecule has 0 bridgehead atoms. The Labute approximate surface area is 126 Å². The van der Waals surface area contributed by atoms with E-state index in [1.54, 1.807) is 0 Å². The van der Waals surface area contributed by atoms with Crippen molar-refractivity contribution in [3.05, 3.63) is 42.0 Å². The maximum absolute atomic E-state index is 12.4. The summed E-state index contributed by atoms with van der Waals surface area (Å²) in [5, 5.41) is 2.18. The van der Waals surface area contributed by atoms with Crippen LogP contribution in [-0.2, 0) is 4.79 Å². The molecule has 0 amide bonds. The van der Waals surface area contributed by atoms with Crippen molar-refractivity contribution in [2.24, 2.45) is 11.8 Å². The SMILES string of the molecule is Cc1ccc(OC(=O)C2CCC(C)CC2)c2ccccc12. The van der Waals surface area contributed by atoms with E-state index in [1.807, 2.05) is 30.3 Å². The number of carbonyl (C=O) groups is 1. The Morgan fingerprint density at radius 3 is 2.38 bits per heavy atom. The van der Waals surface area contributed by atoms with E-state index in [9.17, 15) is 4.79 Å². The van der Waals surface area contributed by atoms with Crippen molar-refractivity contribution < 1.29 is 9.53 Å². The Kier molecular flexibility index (Phi) is 3.96. The summed E-state index contributed by atoms with van der Waals surface area (Å²) in [6.07, 6.45) is 4.19. The van der Waals surface area contributed by atoms with Crippen molar-refractivity contribution in [3.63, 3.8) is 0 Å². The first-order valence-corrected chi connectivity index (χ1v) is 7.85.